The van der Waals surface area contributed by atoms with E-state index in [0.29, 0.717) is 30.1 Å². The Morgan fingerprint density at radius 1 is 1.18 bits per heavy atom. The number of hydrogen-bond donors (Lipinski definition) is 1. The number of rotatable bonds is 6. The van der Waals surface area contributed by atoms with Crippen LogP contribution in [0.3, 0.4) is 0 Å². The molecule has 1 amide bonds. The third kappa shape index (κ3) is 6.26. The van der Waals surface area contributed by atoms with Crippen LogP contribution < -0.4 is 10.1 Å². The number of aryl methyl sites for hydroxylation is 1. The summed E-state index contributed by atoms with van der Waals surface area (Å²) in [5, 5.41) is 16.5. The molecule has 0 saturated carbocycles. The van der Waals surface area contributed by atoms with Gasteiger partial charge in [0.15, 0.2) is 18.4 Å². The Hall–Kier alpha value is -3.61. The predicted octanol–water partition coefficient (Wildman–Crippen LogP) is 4.91. The monoisotopic (exact) mass is 536 g/mol. The van der Waals surface area contributed by atoms with Crippen LogP contribution in [0.2, 0.25) is 0 Å². The number of carbonyl (C=O) groups is 1. The predicted molar refractivity (Wildman–Crippen MR) is 133 cm³/mol. The number of nitrogens with one attached hydrogen (secondary N) is 1. The molecule has 4 rings (SSSR count). The van der Waals surface area contributed by atoms with Crippen LogP contribution in [0, 0.1) is 6.92 Å². The summed E-state index contributed by atoms with van der Waals surface area (Å²) >= 11 is 0. The van der Waals surface area contributed by atoms with E-state index < -0.39 is 17.3 Å². The van der Waals surface area contributed by atoms with Crippen molar-refractivity contribution < 1.29 is 32.2 Å². The number of ether oxygens (including phenoxy) is 3. The third-order valence-corrected chi connectivity index (χ3v) is 5.82. The Morgan fingerprint density at radius 3 is 2.63 bits per heavy atom. The summed E-state index contributed by atoms with van der Waals surface area (Å²) < 4.78 is 57.4. The summed E-state index contributed by atoms with van der Waals surface area (Å²) in [4.78, 5) is 14.2. The van der Waals surface area contributed by atoms with Crippen LogP contribution in [-0.2, 0) is 15.7 Å². The lowest BCUT2D eigenvalue weighted by atomic mass is 10.1. The van der Waals surface area contributed by atoms with Crippen molar-refractivity contribution in [2.24, 2.45) is 0 Å². The molecule has 0 spiro atoms. The first kappa shape index (κ1) is 27.4. The van der Waals surface area contributed by atoms with Gasteiger partial charge in [-0.3, -0.25) is 0 Å². The second kappa shape index (κ2) is 10.6. The van der Waals surface area contributed by atoms with Crippen molar-refractivity contribution in [1.82, 2.24) is 24.7 Å². The number of anilines is 1. The standard InChI is InChI=1S/C25H31F3N6O4/c1-15-11-19-21(29-17-7-6-10-33(13-17)23(35)38-24(2,3)4)30-31-22(34(19)32-15)18-9-8-16(25(26,27)28)12-20(18)37-14-36-5/h8-9,11-12,17H,6-7,10,13-14H2,1-5H3,(H,29,30)/t17-/m1/s1. The van der Waals surface area contributed by atoms with Crippen LogP contribution in [0.5, 0.6) is 5.75 Å². The Kier molecular flexibility index (Phi) is 7.68. The molecule has 1 fully saturated rings. The normalized spacial score (nSPS) is 16.5. The molecule has 10 nitrogen and oxygen atoms in total. The van der Waals surface area contributed by atoms with Crippen molar-refractivity contribution >= 4 is 17.4 Å². The minimum absolute atomic E-state index is 0.0635. The van der Waals surface area contributed by atoms with Gasteiger partial charge in [-0.2, -0.15) is 18.3 Å². The first-order chi connectivity index (χ1) is 17.9. The molecule has 0 unspecified atom stereocenters. The fourth-order valence-electron chi connectivity index (χ4n) is 4.20. The molecule has 2 aromatic heterocycles. The van der Waals surface area contributed by atoms with Crippen molar-refractivity contribution in [3.63, 3.8) is 0 Å². The zero-order chi connectivity index (χ0) is 27.7. The van der Waals surface area contributed by atoms with E-state index >= 15 is 0 Å². The minimum atomic E-state index is -4.55. The SMILES string of the molecule is COCOc1cc(C(F)(F)F)ccc1-c1nnc(N[C@@H]2CCCN(C(=O)OC(C)(C)C)C2)c2cc(C)nn12. The number of likely N-dealkylation sites (tertiary alicyclic amines) is 1. The maximum Gasteiger partial charge on any atom is 0.416 e. The van der Waals surface area contributed by atoms with Crippen LogP contribution in [0.4, 0.5) is 23.8 Å². The smallest absolute Gasteiger partial charge is 0.416 e. The summed E-state index contributed by atoms with van der Waals surface area (Å²) in [6.07, 6.45) is -3.34. The fraction of sp³-hybridized carbons (Fsp3) is 0.520. The molecule has 13 heteroatoms. The van der Waals surface area contributed by atoms with Crippen molar-refractivity contribution in [1.29, 1.82) is 0 Å². The lowest BCUT2D eigenvalue weighted by Crippen LogP contribution is -2.47. The van der Waals surface area contributed by atoms with Crippen LogP contribution in [-0.4, -0.2) is 69.4 Å². The van der Waals surface area contributed by atoms with Gasteiger partial charge in [-0.15, -0.1) is 10.2 Å². The zero-order valence-electron chi connectivity index (χ0n) is 21.9. The summed E-state index contributed by atoms with van der Waals surface area (Å²) in [5.41, 5.74) is 0.0626. The second-order valence-electron chi connectivity index (χ2n) is 10.1. The number of hydrogen-bond acceptors (Lipinski definition) is 8. The van der Waals surface area contributed by atoms with Gasteiger partial charge >= 0.3 is 12.3 Å². The molecule has 1 aliphatic heterocycles. The molecule has 3 heterocycles. The van der Waals surface area contributed by atoms with Gasteiger partial charge in [-0.25, -0.2) is 9.31 Å². The molecule has 1 aliphatic rings. The van der Waals surface area contributed by atoms with E-state index in [1.54, 1.807) is 17.9 Å². The molecule has 3 aromatic rings. The summed E-state index contributed by atoms with van der Waals surface area (Å²) in [5.74, 6) is 0.584. The van der Waals surface area contributed by atoms with E-state index in [1.807, 2.05) is 20.8 Å². The number of carbonyl (C=O) groups excluding carboxylic acids is 1. The number of methoxy groups -OCH3 is 1. The molecule has 206 valence electrons. The van der Waals surface area contributed by atoms with Crippen molar-refractivity contribution in [3.8, 4) is 17.1 Å². The zero-order valence-corrected chi connectivity index (χ0v) is 21.9. The molecular weight excluding hydrogens is 505 g/mol. The Bertz CT molecular complexity index is 1300. The van der Waals surface area contributed by atoms with Gasteiger partial charge in [0.1, 0.15) is 16.9 Å². The highest BCUT2D eigenvalue weighted by Crippen LogP contribution is 2.37. The van der Waals surface area contributed by atoms with Gasteiger partial charge < -0.3 is 24.4 Å². The van der Waals surface area contributed by atoms with Gasteiger partial charge in [0, 0.05) is 26.2 Å². The highest BCUT2D eigenvalue weighted by atomic mass is 19.4. The van der Waals surface area contributed by atoms with E-state index in [2.05, 4.69) is 20.6 Å². The quantitative estimate of drug-likeness (QED) is 0.443. The number of aromatic nitrogens is 4. The number of piperidine rings is 1. The number of nitrogens with zero attached hydrogens (tertiary/aromatic N) is 5. The lowest BCUT2D eigenvalue weighted by Gasteiger charge is -2.34. The Balaban J connectivity index is 1.65. The second-order valence-corrected chi connectivity index (χ2v) is 10.1. The van der Waals surface area contributed by atoms with Crippen LogP contribution in [0.15, 0.2) is 24.3 Å². The molecule has 1 saturated heterocycles. The highest BCUT2D eigenvalue weighted by Gasteiger charge is 2.32. The van der Waals surface area contributed by atoms with Gasteiger partial charge in [0.25, 0.3) is 0 Å². The highest BCUT2D eigenvalue weighted by molar-refractivity contribution is 5.74. The average molecular weight is 537 g/mol. The summed E-state index contributed by atoms with van der Waals surface area (Å²) in [6.45, 7) is 8.02. The van der Waals surface area contributed by atoms with Crippen molar-refractivity contribution in [2.45, 2.75) is 58.4 Å². The molecule has 1 N–H and O–H groups in total. The number of benzene rings is 1. The maximum absolute atomic E-state index is 13.3. The van der Waals surface area contributed by atoms with Gasteiger partial charge in [0.2, 0.25) is 0 Å². The van der Waals surface area contributed by atoms with E-state index in [9.17, 15) is 18.0 Å². The molecule has 38 heavy (non-hydrogen) atoms. The number of fused-ring (bicyclic) bond motifs is 1. The van der Waals surface area contributed by atoms with Gasteiger partial charge in [-0.1, -0.05) is 0 Å². The first-order valence-electron chi connectivity index (χ1n) is 12.2. The molecule has 1 aromatic carbocycles. The van der Waals surface area contributed by atoms with E-state index in [-0.39, 0.29) is 36.1 Å². The molecular formula is C25H31F3N6O4. The Morgan fingerprint density at radius 2 is 1.95 bits per heavy atom. The Labute approximate surface area is 218 Å². The largest absolute Gasteiger partial charge is 0.467 e. The molecule has 1 atom stereocenters. The van der Waals surface area contributed by atoms with Gasteiger partial charge in [-0.05, 0) is 64.8 Å². The van der Waals surface area contributed by atoms with Crippen LogP contribution >= 0.6 is 0 Å². The fourth-order valence-corrected chi connectivity index (χ4v) is 4.20. The maximum atomic E-state index is 13.3. The first-order valence-corrected chi connectivity index (χ1v) is 12.2. The van der Waals surface area contributed by atoms with Crippen LogP contribution in [0.1, 0.15) is 44.9 Å². The van der Waals surface area contributed by atoms with E-state index in [4.69, 9.17) is 14.2 Å². The molecule has 0 radical (unpaired) electrons. The van der Waals surface area contributed by atoms with Crippen molar-refractivity contribution in [2.75, 3.05) is 32.3 Å². The van der Waals surface area contributed by atoms with Crippen molar-refractivity contribution in [3.05, 3.63) is 35.5 Å². The average Bonchev–Trinajstić information content (AvgIpc) is 3.23. The molecule has 0 bridgehead atoms. The molecule has 0 aliphatic carbocycles. The summed E-state index contributed by atoms with van der Waals surface area (Å²) in [6, 6.07) is 4.83. The topological polar surface area (TPSA) is 103 Å². The summed E-state index contributed by atoms with van der Waals surface area (Å²) in [7, 11) is 1.37. The van der Waals surface area contributed by atoms with E-state index in [1.165, 1.54) is 17.7 Å². The number of alkyl halides is 3. The van der Waals surface area contributed by atoms with E-state index in [0.717, 1.165) is 25.0 Å². The number of amides is 1. The number of halogens is 3. The lowest BCUT2D eigenvalue weighted by molar-refractivity contribution is -0.137. The van der Waals surface area contributed by atoms with Crippen LogP contribution in [0.25, 0.3) is 16.9 Å². The minimum Gasteiger partial charge on any atom is -0.467 e. The third-order valence-electron chi connectivity index (χ3n) is 5.82. The van der Waals surface area contributed by atoms with Gasteiger partial charge in [0.05, 0.1) is 16.8 Å².